The predicted molar refractivity (Wildman–Crippen MR) is 105 cm³/mol. The van der Waals surface area contributed by atoms with Crippen molar-refractivity contribution in [2.45, 2.75) is 18.9 Å². The Balaban J connectivity index is 1.56. The Morgan fingerprint density at radius 3 is 2.85 bits per heavy atom. The van der Waals surface area contributed by atoms with E-state index in [1.165, 1.54) is 10.9 Å². The highest BCUT2D eigenvalue weighted by Gasteiger charge is 2.21. The molecule has 130 valence electrons. The number of nitrogens with zero attached hydrogens (tertiary/aromatic N) is 1. The van der Waals surface area contributed by atoms with Crippen molar-refractivity contribution in [3.63, 3.8) is 0 Å². The van der Waals surface area contributed by atoms with Gasteiger partial charge in [-0.3, -0.25) is 9.78 Å². The van der Waals surface area contributed by atoms with Crippen LogP contribution in [-0.4, -0.2) is 15.9 Å². The van der Waals surface area contributed by atoms with E-state index in [2.05, 4.69) is 44.2 Å². The molecule has 0 saturated heterocycles. The van der Waals surface area contributed by atoms with Crippen LogP contribution in [0.3, 0.4) is 0 Å². The zero-order valence-corrected chi connectivity index (χ0v) is 15.0. The molecule has 0 bridgehead atoms. The second-order valence-corrected chi connectivity index (χ2v) is 6.98. The lowest BCUT2D eigenvalue weighted by Crippen LogP contribution is -2.25. The number of nitrogens with one attached hydrogen (secondary N) is 2. The van der Waals surface area contributed by atoms with Crippen LogP contribution in [0, 0.1) is 0 Å². The zero-order valence-electron chi connectivity index (χ0n) is 14.2. The highest BCUT2D eigenvalue weighted by atomic mass is 32.1. The monoisotopic (exact) mass is 361 g/mol. The SMILES string of the molecule is O=C(CC(c1ccsc1)c1c[nH]c2ccccc12)NCc1ccccn1. The number of hydrogen-bond acceptors (Lipinski definition) is 3. The van der Waals surface area contributed by atoms with Crippen LogP contribution in [0.2, 0.25) is 0 Å². The molecule has 4 rings (SSSR count). The smallest absolute Gasteiger partial charge is 0.221 e. The molecule has 1 atom stereocenters. The molecule has 1 aromatic carbocycles. The molecule has 1 amide bonds. The summed E-state index contributed by atoms with van der Waals surface area (Å²) in [5, 5.41) is 8.34. The van der Waals surface area contributed by atoms with Gasteiger partial charge >= 0.3 is 0 Å². The van der Waals surface area contributed by atoms with Crippen LogP contribution in [0.5, 0.6) is 0 Å². The van der Waals surface area contributed by atoms with Gasteiger partial charge in [0.25, 0.3) is 0 Å². The van der Waals surface area contributed by atoms with Crippen molar-refractivity contribution >= 4 is 28.1 Å². The molecule has 4 nitrogen and oxygen atoms in total. The van der Waals surface area contributed by atoms with Crippen molar-refractivity contribution in [3.05, 3.63) is 88.5 Å². The van der Waals surface area contributed by atoms with Gasteiger partial charge in [0, 0.05) is 35.6 Å². The van der Waals surface area contributed by atoms with Crippen LogP contribution in [0.4, 0.5) is 0 Å². The summed E-state index contributed by atoms with van der Waals surface area (Å²) in [6, 6.07) is 16.0. The Hall–Kier alpha value is -2.92. The van der Waals surface area contributed by atoms with Crippen molar-refractivity contribution in [3.8, 4) is 0 Å². The van der Waals surface area contributed by atoms with E-state index in [4.69, 9.17) is 0 Å². The van der Waals surface area contributed by atoms with Gasteiger partial charge in [-0.05, 0) is 46.2 Å². The lowest BCUT2D eigenvalue weighted by atomic mass is 9.89. The zero-order chi connectivity index (χ0) is 17.8. The Kier molecular flexibility index (Phi) is 4.80. The Morgan fingerprint density at radius 2 is 2.04 bits per heavy atom. The fourth-order valence-corrected chi connectivity index (χ4v) is 3.93. The molecule has 0 fully saturated rings. The summed E-state index contributed by atoms with van der Waals surface area (Å²) in [7, 11) is 0. The molecule has 0 spiro atoms. The van der Waals surface area contributed by atoms with Crippen LogP contribution < -0.4 is 5.32 Å². The molecule has 4 aromatic rings. The molecule has 0 aliphatic rings. The van der Waals surface area contributed by atoms with Crippen LogP contribution in [0.25, 0.3) is 10.9 Å². The van der Waals surface area contributed by atoms with E-state index >= 15 is 0 Å². The summed E-state index contributed by atoms with van der Waals surface area (Å²) in [5.41, 5.74) is 4.29. The second-order valence-electron chi connectivity index (χ2n) is 6.20. The quantitative estimate of drug-likeness (QED) is 0.533. The summed E-state index contributed by atoms with van der Waals surface area (Å²) in [5.74, 6) is 0.0540. The van der Waals surface area contributed by atoms with Crippen molar-refractivity contribution in [2.75, 3.05) is 0 Å². The van der Waals surface area contributed by atoms with E-state index in [9.17, 15) is 4.79 Å². The minimum atomic E-state index is 0.0251. The molecule has 3 aromatic heterocycles. The molecule has 0 radical (unpaired) electrons. The maximum Gasteiger partial charge on any atom is 0.221 e. The number of para-hydroxylation sites is 1. The summed E-state index contributed by atoms with van der Waals surface area (Å²) in [6.07, 6.45) is 4.17. The Labute approximate surface area is 155 Å². The van der Waals surface area contributed by atoms with E-state index in [1.807, 2.05) is 36.5 Å². The molecule has 1 unspecified atom stereocenters. The maximum atomic E-state index is 12.6. The fraction of sp³-hybridized carbons (Fsp3) is 0.143. The number of hydrogen-bond donors (Lipinski definition) is 2. The van der Waals surface area contributed by atoms with Gasteiger partial charge in [-0.15, -0.1) is 0 Å². The van der Waals surface area contributed by atoms with Gasteiger partial charge in [0.05, 0.1) is 12.2 Å². The minimum absolute atomic E-state index is 0.0251. The molecular formula is C21H19N3OS. The lowest BCUT2D eigenvalue weighted by molar-refractivity contribution is -0.121. The maximum absolute atomic E-state index is 12.6. The molecule has 0 aliphatic heterocycles. The third-order valence-electron chi connectivity index (χ3n) is 4.52. The van der Waals surface area contributed by atoms with E-state index in [0.717, 1.165) is 16.8 Å². The average molecular weight is 361 g/mol. The molecular weight excluding hydrogens is 342 g/mol. The van der Waals surface area contributed by atoms with Crippen LogP contribution in [-0.2, 0) is 11.3 Å². The first-order chi connectivity index (χ1) is 12.8. The number of fused-ring (bicyclic) bond motifs is 1. The van der Waals surface area contributed by atoms with E-state index < -0.39 is 0 Å². The normalized spacial score (nSPS) is 12.2. The summed E-state index contributed by atoms with van der Waals surface area (Å²) in [6.45, 7) is 0.448. The predicted octanol–water partition coefficient (Wildman–Crippen LogP) is 4.46. The first kappa shape index (κ1) is 16.5. The van der Waals surface area contributed by atoms with E-state index in [0.29, 0.717) is 13.0 Å². The highest BCUT2D eigenvalue weighted by Crippen LogP contribution is 2.34. The second kappa shape index (κ2) is 7.54. The van der Waals surface area contributed by atoms with E-state index in [-0.39, 0.29) is 11.8 Å². The van der Waals surface area contributed by atoms with Crippen LogP contribution in [0.15, 0.2) is 71.7 Å². The number of pyridine rings is 1. The van der Waals surface area contributed by atoms with Gasteiger partial charge in [0.1, 0.15) is 0 Å². The van der Waals surface area contributed by atoms with E-state index in [1.54, 1.807) is 17.5 Å². The number of aromatic nitrogens is 2. The highest BCUT2D eigenvalue weighted by molar-refractivity contribution is 7.08. The average Bonchev–Trinajstić information content (AvgIpc) is 3.35. The number of benzene rings is 1. The van der Waals surface area contributed by atoms with Gasteiger partial charge < -0.3 is 10.3 Å². The van der Waals surface area contributed by atoms with Gasteiger partial charge in [0.2, 0.25) is 5.91 Å². The van der Waals surface area contributed by atoms with Crippen molar-refractivity contribution in [1.29, 1.82) is 0 Å². The Morgan fingerprint density at radius 1 is 1.15 bits per heavy atom. The standard InChI is InChI=1S/C21H19N3OS/c25-21(24-12-16-5-3-4-9-22-16)11-18(15-8-10-26-14-15)19-13-23-20-7-2-1-6-17(19)20/h1-10,13-14,18,23H,11-12H2,(H,24,25). The first-order valence-electron chi connectivity index (χ1n) is 8.56. The number of thiophene rings is 1. The molecule has 0 saturated carbocycles. The third-order valence-corrected chi connectivity index (χ3v) is 5.23. The van der Waals surface area contributed by atoms with Crippen molar-refractivity contribution in [1.82, 2.24) is 15.3 Å². The largest absolute Gasteiger partial charge is 0.361 e. The van der Waals surface area contributed by atoms with Gasteiger partial charge in [-0.2, -0.15) is 11.3 Å². The molecule has 26 heavy (non-hydrogen) atoms. The van der Waals surface area contributed by atoms with Gasteiger partial charge in [0.15, 0.2) is 0 Å². The number of carbonyl (C=O) groups is 1. The summed E-state index contributed by atoms with van der Waals surface area (Å²) in [4.78, 5) is 20.2. The van der Waals surface area contributed by atoms with Crippen LogP contribution in [0.1, 0.15) is 29.2 Å². The summed E-state index contributed by atoms with van der Waals surface area (Å²) < 4.78 is 0. The number of H-pyrrole nitrogens is 1. The fourth-order valence-electron chi connectivity index (χ4n) is 3.21. The number of carbonyl (C=O) groups excluding carboxylic acids is 1. The number of amides is 1. The third kappa shape index (κ3) is 3.53. The van der Waals surface area contributed by atoms with Crippen molar-refractivity contribution in [2.24, 2.45) is 0 Å². The molecule has 3 heterocycles. The first-order valence-corrected chi connectivity index (χ1v) is 9.50. The Bertz CT molecular complexity index is 992. The van der Waals surface area contributed by atoms with Gasteiger partial charge in [-0.25, -0.2) is 0 Å². The molecule has 2 N–H and O–H groups in total. The summed E-state index contributed by atoms with van der Waals surface area (Å²) >= 11 is 1.66. The van der Waals surface area contributed by atoms with Crippen LogP contribution >= 0.6 is 11.3 Å². The molecule has 0 aliphatic carbocycles. The molecule has 5 heteroatoms. The number of rotatable bonds is 6. The lowest BCUT2D eigenvalue weighted by Gasteiger charge is -2.15. The number of aromatic amines is 1. The van der Waals surface area contributed by atoms with Crippen molar-refractivity contribution < 1.29 is 4.79 Å². The minimum Gasteiger partial charge on any atom is -0.361 e. The van der Waals surface area contributed by atoms with Gasteiger partial charge in [-0.1, -0.05) is 24.3 Å². The topological polar surface area (TPSA) is 57.8 Å².